The molecule has 1 heterocycles. The fourth-order valence-electron chi connectivity index (χ4n) is 3.91. The highest BCUT2D eigenvalue weighted by molar-refractivity contribution is 5.73. The number of nitrogens with zero attached hydrogens (tertiary/aromatic N) is 1. The molecule has 0 bridgehead atoms. The Hall–Kier alpha value is -2.33. The second-order valence-corrected chi connectivity index (χ2v) is 6.88. The van der Waals surface area contributed by atoms with Crippen molar-refractivity contribution in [3.05, 3.63) is 65.2 Å². The summed E-state index contributed by atoms with van der Waals surface area (Å²) < 4.78 is 5.88. The number of hydrogen-bond acceptors (Lipinski definition) is 3. The van der Waals surface area contributed by atoms with E-state index < -0.39 is 12.0 Å². The number of piperidine rings is 1. The maximum atomic E-state index is 11.9. The van der Waals surface area contributed by atoms with Crippen LogP contribution in [0.15, 0.2) is 48.5 Å². The van der Waals surface area contributed by atoms with Crippen molar-refractivity contribution in [1.82, 2.24) is 4.90 Å². The maximum Gasteiger partial charge on any atom is 0.320 e. The Kier molecular flexibility index (Phi) is 5.94. The van der Waals surface area contributed by atoms with Gasteiger partial charge in [-0.15, -0.1) is 0 Å². The van der Waals surface area contributed by atoms with Gasteiger partial charge in [-0.05, 0) is 44.9 Å². The molecule has 4 nitrogen and oxygen atoms in total. The number of carboxylic acids is 1. The number of ether oxygens (including phenoxy) is 1. The zero-order valence-electron chi connectivity index (χ0n) is 15.5. The Bertz CT molecular complexity index is 759. The third-order valence-electron chi connectivity index (χ3n) is 5.03. The van der Waals surface area contributed by atoms with Crippen LogP contribution in [-0.2, 0) is 4.79 Å². The van der Waals surface area contributed by atoms with E-state index in [9.17, 15) is 9.90 Å². The number of carboxylic acid groups (broad SMARTS) is 1. The number of aliphatic carboxylic acids is 1. The summed E-state index contributed by atoms with van der Waals surface area (Å²) in [6, 6.07) is 15.8. The molecule has 138 valence electrons. The number of benzene rings is 2. The number of rotatable bonds is 6. The molecule has 0 radical (unpaired) electrons. The molecule has 2 aromatic rings. The highest BCUT2D eigenvalue weighted by atomic mass is 16.5. The molecule has 3 rings (SSSR count). The van der Waals surface area contributed by atoms with Crippen LogP contribution in [0.5, 0.6) is 5.75 Å². The molecule has 26 heavy (non-hydrogen) atoms. The molecule has 1 aliphatic rings. The number of aryl methyl sites for hydroxylation is 1. The van der Waals surface area contributed by atoms with Gasteiger partial charge < -0.3 is 9.84 Å². The Morgan fingerprint density at radius 2 is 2.04 bits per heavy atom. The number of likely N-dealkylation sites (tertiary alicyclic amines) is 1. The van der Waals surface area contributed by atoms with Crippen LogP contribution in [0, 0.1) is 6.92 Å². The minimum absolute atomic E-state index is 0.126. The van der Waals surface area contributed by atoms with Crippen LogP contribution in [0.4, 0.5) is 0 Å². The van der Waals surface area contributed by atoms with E-state index in [0.29, 0.717) is 13.0 Å². The van der Waals surface area contributed by atoms with Gasteiger partial charge in [-0.2, -0.15) is 0 Å². The minimum Gasteiger partial charge on any atom is -0.494 e. The van der Waals surface area contributed by atoms with Crippen LogP contribution in [-0.4, -0.2) is 35.2 Å². The molecule has 1 saturated heterocycles. The summed E-state index contributed by atoms with van der Waals surface area (Å²) in [5.74, 6) is 0.0902. The van der Waals surface area contributed by atoms with E-state index in [1.54, 1.807) is 0 Å². The van der Waals surface area contributed by atoms with Crippen LogP contribution in [0.1, 0.15) is 48.9 Å². The Labute approximate surface area is 155 Å². The van der Waals surface area contributed by atoms with Gasteiger partial charge in [0, 0.05) is 5.56 Å². The van der Waals surface area contributed by atoms with Crippen molar-refractivity contribution in [2.75, 3.05) is 13.2 Å². The first-order chi connectivity index (χ1) is 12.6. The molecule has 0 spiro atoms. The lowest BCUT2D eigenvalue weighted by atomic mass is 9.90. The van der Waals surface area contributed by atoms with E-state index in [1.165, 1.54) is 5.56 Å². The Morgan fingerprint density at radius 3 is 2.77 bits per heavy atom. The van der Waals surface area contributed by atoms with Gasteiger partial charge in [0.15, 0.2) is 0 Å². The molecule has 0 saturated carbocycles. The number of carbonyl (C=O) groups is 1. The van der Waals surface area contributed by atoms with Gasteiger partial charge in [-0.25, -0.2) is 0 Å². The second-order valence-electron chi connectivity index (χ2n) is 6.88. The van der Waals surface area contributed by atoms with Crippen molar-refractivity contribution in [2.45, 2.75) is 45.2 Å². The van der Waals surface area contributed by atoms with Crippen LogP contribution < -0.4 is 4.74 Å². The molecule has 1 aliphatic heterocycles. The molecule has 4 heteroatoms. The largest absolute Gasteiger partial charge is 0.494 e. The lowest BCUT2D eigenvalue weighted by Crippen LogP contribution is -2.46. The predicted octanol–water partition coefficient (Wildman–Crippen LogP) is 4.42. The lowest BCUT2D eigenvalue weighted by Gasteiger charge is -2.40. The second kappa shape index (κ2) is 8.37. The van der Waals surface area contributed by atoms with Gasteiger partial charge in [0.25, 0.3) is 0 Å². The van der Waals surface area contributed by atoms with Crippen molar-refractivity contribution in [3.8, 4) is 5.75 Å². The van der Waals surface area contributed by atoms with E-state index in [4.69, 9.17) is 4.74 Å². The summed E-state index contributed by atoms with van der Waals surface area (Å²) >= 11 is 0. The Balaban J connectivity index is 2.12. The number of para-hydroxylation sites is 1. The van der Waals surface area contributed by atoms with Crippen LogP contribution >= 0.6 is 0 Å². The highest BCUT2D eigenvalue weighted by Crippen LogP contribution is 2.38. The molecule has 2 unspecified atom stereocenters. The number of hydrogen-bond donors (Lipinski definition) is 1. The van der Waals surface area contributed by atoms with Crippen LogP contribution in [0.3, 0.4) is 0 Å². The van der Waals surface area contributed by atoms with E-state index in [1.807, 2.05) is 31.2 Å². The first-order valence-corrected chi connectivity index (χ1v) is 9.38. The monoisotopic (exact) mass is 353 g/mol. The smallest absolute Gasteiger partial charge is 0.320 e. The molecule has 0 aliphatic carbocycles. The molecule has 2 atom stereocenters. The summed E-state index contributed by atoms with van der Waals surface area (Å²) in [5, 5.41) is 9.81. The summed E-state index contributed by atoms with van der Waals surface area (Å²) in [6.45, 7) is 5.40. The van der Waals surface area contributed by atoms with Crippen LogP contribution in [0.25, 0.3) is 0 Å². The molecule has 0 amide bonds. The summed E-state index contributed by atoms with van der Waals surface area (Å²) in [5.41, 5.74) is 3.32. The first-order valence-electron chi connectivity index (χ1n) is 9.38. The van der Waals surface area contributed by atoms with E-state index in [0.717, 1.165) is 36.3 Å². The van der Waals surface area contributed by atoms with Gasteiger partial charge in [0.2, 0.25) is 0 Å². The summed E-state index contributed by atoms with van der Waals surface area (Å²) in [6.07, 6.45) is 2.67. The van der Waals surface area contributed by atoms with Gasteiger partial charge >= 0.3 is 5.97 Å². The standard InChI is InChI=1S/C22H27NO3/c1-3-26-20-13-5-4-11-18(20)21(17-10-8-9-16(2)15-17)23-14-7-6-12-19(23)22(24)25/h4-5,8-11,13,15,19,21H,3,6-7,12,14H2,1-2H3,(H,24,25). The van der Waals surface area contributed by atoms with Crippen molar-refractivity contribution in [3.63, 3.8) is 0 Å². The van der Waals surface area contributed by atoms with Crippen LogP contribution in [0.2, 0.25) is 0 Å². The van der Waals surface area contributed by atoms with Gasteiger partial charge in [0.1, 0.15) is 11.8 Å². The predicted molar refractivity (Wildman–Crippen MR) is 103 cm³/mol. The average molecular weight is 353 g/mol. The minimum atomic E-state index is -0.740. The Morgan fingerprint density at radius 1 is 1.23 bits per heavy atom. The first kappa shape index (κ1) is 18.5. The fourth-order valence-corrected chi connectivity index (χ4v) is 3.91. The maximum absolute atomic E-state index is 11.9. The van der Waals surface area contributed by atoms with Crippen molar-refractivity contribution in [1.29, 1.82) is 0 Å². The third kappa shape index (κ3) is 3.91. The molecular weight excluding hydrogens is 326 g/mol. The van der Waals surface area contributed by atoms with Crippen molar-refractivity contribution in [2.24, 2.45) is 0 Å². The fraction of sp³-hybridized carbons (Fsp3) is 0.409. The topological polar surface area (TPSA) is 49.8 Å². The van der Waals surface area contributed by atoms with Gasteiger partial charge in [-0.3, -0.25) is 9.69 Å². The zero-order chi connectivity index (χ0) is 18.5. The third-order valence-corrected chi connectivity index (χ3v) is 5.03. The van der Waals surface area contributed by atoms with E-state index >= 15 is 0 Å². The zero-order valence-corrected chi connectivity index (χ0v) is 15.5. The summed E-state index contributed by atoms with van der Waals surface area (Å²) in [7, 11) is 0. The summed E-state index contributed by atoms with van der Waals surface area (Å²) in [4.78, 5) is 14.1. The highest BCUT2D eigenvalue weighted by Gasteiger charge is 2.36. The molecule has 1 fully saturated rings. The van der Waals surface area contributed by atoms with Crippen molar-refractivity contribution < 1.29 is 14.6 Å². The molecule has 1 N–H and O–H groups in total. The van der Waals surface area contributed by atoms with Gasteiger partial charge in [-0.1, -0.05) is 54.4 Å². The molecular formula is C22H27NO3. The molecule has 2 aromatic carbocycles. The SMILES string of the molecule is CCOc1ccccc1C(c1cccc(C)c1)N1CCCCC1C(=O)O. The molecule has 0 aromatic heterocycles. The lowest BCUT2D eigenvalue weighted by molar-refractivity contribution is -0.145. The average Bonchev–Trinajstić information content (AvgIpc) is 2.64. The van der Waals surface area contributed by atoms with E-state index in [-0.39, 0.29) is 6.04 Å². The quantitative estimate of drug-likeness (QED) is 0.835. The normalized spacial score (nSPS) is 19.1. The van der Waals surface area contributed by atoms with E-state index in [2.05, 4.69) is 36.1 Å². The van der Waals surface area contributed by atoms with Crippen molar-refractivity contribution >= 4 is 5.97 Å². The van der Waals surface area contributed by atoms with Gasteiger partial charge in [0.05, 0.1) is 12.6 Å².